The second-order valence-electron chi connectivity index (χ2n) is 2.55. The van der Waals surface area contributed by atoms with Crippen molar-refractivity contribution in [2.45, 2.75) is 0 Å². The fraction of sp³-hybridized carbons (Fsp3) is 0. The molecule has 2 nitrogen and oxygen atoms in total. The van der Waals surface area contributed by atoms with E-state index in [0.717, 1.165) is 10.4 Å². The molecule has 2 rings (SSSR count). The first-order valence-electron chi connectivity index (χ1n) is 3.69. The molecule has 0 saturated carbocycles. The molecule has 13 heavy (non-hydrogen) atoms. The number of rotatable bonds is 1. The Bertz CT molecular complexity index is 418. The molecule has 0 unspecified atom stereocenters. The number of carbonyl (C=O) groups is 1. The predicted octanol–water partition coefficient (Wildman–Crippen LogP) is 1.48. The Morgan fingerprint density at radius 3 is 2.46 bits per heavy atom. The summed E-state index contributed by atoms with van der Waals surface area (Å²) in [6.45, 7) is 0. The average molecular weight is 212 g/mol. The quantitative estimate of drug-likeness (QED) is 0.701. The molecule has 1 aliphatic rings. The Labute approximate surface area is 84.1 Å². The van der Waals surface area contributed by atoms with Gasteiger partial charge in [-0.2, -0.15) is 0 Å². The van der Waals surface area contributed by atoms with E-state index in [4.69, 9.17) is 11.6 Å². The smallest absolute Gasteiger partial charge is 0.266 e. The summed E-state index contributed by atoms with van der Waals surface area (Å²) in [7, 11) is 1.40. The van der Waals surface area contributed by atoms with Gasteiger partial charge in [0.2, 0.25) is 0 Å². The molecule has 0 radical (unpaired) electrons. The summed E-state index contributed by atoms with van der Waals surface area (Å²) in [6, 6.07) is 7.22. The molecule has 0 aliphatic carbocycles. The van der Waals surface area contributed by atoms with Gasteiger partial charge in [-0.3, -0.25) is 4.79 Å². The standard InChI is InChI=1S/C9H6ClNOS/c10-7-3-1-6(2-4-7)8-9(12)11-5-13-8/h1-5H,(H,11,12). The Kier molecular flexibility index (Phi) is 2.20. The fourth-order valence-corrected chi connectivity index (χ4v) is 1.91. The SMILES string of the molecule is O=C1NC=S=C1c1ccc(Cl)cc1. The molecule has 66 valence electrons. The maximum atomic E-state index is 11.2. The van der Waals surface area contributed by atoms with Gasteiger partial charge in [0.25, 0.3) is 5.91 Å². The normalized spacial score (nSPS) is 14.8. The Balaban J connectivity index is 2.42. The Morgan fingerprint density at radius 2 is 1.92 bits per heavy atom. The van der Waals surface area contributed by atoms with Gasteiger partial charge < -0.3 is 5.32 Å². The van der Waals surface area contributed by atoms with Crippen LogP contribution >= 0.6 is 22.5 Å². The minimum atomic E-state index is -0.0488. The van der Waals surface area contributed by atoms with E-state index < -0.39 is 0 Å². The first-order valence-corrected chi connectivity index (χ1v) is 4.95. The van der Waals surface area contributed by atoms with Crippen LogP contribution in [0.15, 0.2) is 24.3 Å². The first-order chi connectivity index (χ1) is 6.27. The monoisotopic (exact) mass is 211 g/mol. The number of benzene rings is 1. The van der Waals surface area contributed by atoms with Crippen LogP contribution in [0.3, 0.4) is 0 Å². The van der Waals surface area contributed by atoms with Crippen molar-refractivity contribution in [2.24, 2.45) is 0 Å². The van der Waals surface area contributed by atoms with Crippen molar-refractivity contribution >= 4 is 38.8 Å². The van der Waals surface area contributed by atoms with Crippen LogP contribution in [0.2, 0.25) is 5.02 Å². The molecule has 0 fully saturated rings. The van der Waals surface area contributed by atoms with E-state index in [-0.39, 0.29) is 5.91 Å². The molecule has 0 spiro atoms. The van der Waals surface area contributed by atoms with Crippen molar-refractivity contribution in [2.75, 3.05) is 0 Å². The van der Waals surface area contributed by atoms with Crippen LogP contribution in [0, 0.1) is 0 Å². The highest BCUT2D eigenvalue weighted by atomic mass is 35.5. The van der Waals surface area contributed by atoms with E-state index in [1.54, 1.807) is 17.6 Å². The third kappa shape index (κ3) is 1.66. The van der Waals surface area contributed by atoms with Gasteiger partial charge >= 0.3 is 0 Å². The van der Waals surface area contributed by atoms with Crippen molar-refractivity contribution in [3.63, 3.8) is 0 Å². The highest BCUT2D eigenvalue weighted by Gasteiger charge is 2.13. The molecule has 1 heterocycles. The van der Waals surface area contributed by atoms with Gasteiger partial charge in [-0.15, -0.1) is 10.9 Å². The number of hydrogen-bond acceptors (Lipinski definition) is 1. The van der Waals surface area contributed by atoms with Crippen LogP contribution in [0.5, 0.6) is 0 Å². The molecule has 1 aliphatic heterocycles. The summed E-state index contributed by atoms with van der Waals surface area (Å²) in [5.74, 6) is -0.0488. The summed E-state index contributed by atoms with van der Waals surface area (Å²) in [4.78, 5) is 11.9. The first kappa shape index (κ1) is 8.53. The molecule has 1 amide bonds. The van der Waals surface area contributed by atoms with Crippen LogP contribution in [-0.2, 0) is 4.79 Å². The third-order valence-electron chi connectivity index (χ3n) is 1.68. The van der Waals surface area contributed by atoms with Gasteiger partial charge in [0.1, 0.15) is 4.86 Å². The zero-order chi connectivity index (χ0) is 9.26. The number of hydrogen-bond donors (Lipinski definition) is 1. The van der Waals surface area contributed by atoms with Crippen molar-refractivity contribution in [1.29, 1.82) is 0 Å². The van der Waals surface area contributed by atoms with E-state index in [0.29, 0.717) is 5.02 Å². The second kappa shape index (κ2) is 3.36. The highest BCUT2D eigenvalue weighted by Crippen LogP contribution is 2.11. The molecule has 0 bridgehead atoms. The lowest BCUT2D eigenvalue weighted by Crippen LogP contribution is -2.24. The predicted molar refractivity (Wildman–Crippen MR) is 57.4 cm³/mol. The number of nitrogens with one attached hydrogen (secondary N) is 1. The average Bonchev–Trinajstić information content (AvgIpc) is 2.53. The van der Waals surface area contributed by atoms with E-state index in [2.05, 4.69) is 5.32 Å². The largest absolute Gasteiger partial charge is 0.319 e. The van der Waals surface area contributed by atoms with Gasteiger partial charge in [0.15, 0.2) is 0 Å². The Morgan fingerprint density at radius 1 is 1.23 bits per heavy atom. The molecular formula is C9H6ClNOS. The van der Waals surface area contributed by atoms with E-state index in [1.807, 2.05) is 12.1 Å². The highest BCUT2D eigenvalue weighted by molar-refractivity contribution is 7.99. The van der Waals surface area contributed by atoms with Gasteiger partial charge in [-0.25, -0.2) is 0 Å². The fourth-order valence-electron chi connectivity index (χ4n) is 1.06. The van der Waals surface area contributed by atoms with E-state index in [1.165, 1.54) is 10.9 Å². The lowest BCUT2D eigenvalue weighted by atomic mass is 10.1. The zero-order valence-corrected chi connectivity index (χ0v) is 8.15. The molecule has 0 atom stereocenters. The molecule has 0 saturated heterocycles. The van der Waals surface area contributed by atoms with E-state index in [9.17, 15) is 4.79 Å². The molecule has 4 heteroatoms. The molecule has 1 N–H and O–H groups in total. The zero-order valence-electron chi connectivity index (χ0n) is 6.58. The lowest BCUT2D eigenvalue weighted by molar-refractivity contribution is -0.113. The molecule has 0 aromatic heterocycles. The lowest BCUT2D eigenvalue weighted by Gasteiger charge is -1.98. The van der Waals surface area contributed by atoms with Gasteiger partial charge in [-0.05, 0) is 17.7 Å². The molecular weight excluding hydrogens is 206 g/mol. The summed E-state index contributed by atoms with van der Waals surface area (Å²) in [5, 5.41) is 3.29. The van der Waals surface area contributed by atoms with Crippen molar-refractivity contribution in [3.05, 3.63) is 34.9 Å². The van der Waals surface area contributed by atoms with Crippen LogP contribution in [0.4, 0.5) is 0 Å². The van der Waals surface area contributed by atoms with Crippen molar-refractivity contribution in [3.8, 4) is 0 Å². The molecule has 1 aromatic carbocycles. The van der Waals surface area contributed by atoms with Crippen LogP contribution in [-0.4, -0.2) is 16.3 Å². The maximum absolute atomic E-state index is 11.2. The summed E-state index contributed by atoms with van der Waals surface area (Å²) >= 11 is 5.73. The summed E-state index contributed by atoms with van der Waals surface area (Å²) < 4.78 is 0. The maximum Gasteiger partial charge on any atom is 0.266 e. The van der Waals surface area contributed by atoms with Gasteiger partial charge in [-0.1, -0.05) is 23.7 Å². The number of carbonyl (C=O) groups excluding carboxylic acids is 1. The van der Waals surface area contributed by atoms with Gasteiger partial charge in [0, 0.05) is 5.02 Å². The summed E-state index contributed by atoms with van der Waals surface area (Å²) in [5.41, 5.74) is 2.58. The van der Waals surface area contributed by atoms with Gasteiger partial charge in [0.05, 0.1) is 5.49 Å². The topological polar surface area (TPSA) is 29.1 Å². The second-order valence-corrected chi connectivity index (χ2v) is 3.86. The van der Waals surface area contributed by atoms with Crippen LogP contribution in [0.25, 0.3) is 0 Å². The minimum Gasteiger partial charge on any atom is -0.319 e. The number of amides is 1. The van der Waals surface area contributed by atoms with Crippen LogP contribution < -0.4 is 5.32 Å². The van der Waals surface area contributed by atoms with Crippen molar-refractivity contribution < 1.29 is 4.79 Å². The van der Waals surface area contributed by atoms with Crippen LogP contribution in [0.1, 0.15) is 5.56 Å². The third-order valence-corrected chi connectivity index (χ3v) is 2.82. The Hall–Kier alpha value is -1.06. The summed E-state index contributed by atoms with van der Waals surface area (Å²) in [6.07, 6.45) is 0. The van der Waals surface area contributed by atoms with E-state index >= 15 is 0 Å². The molecule has 1 aromatic rings. The number of halogens is 1. The van der Waals surface area contributed by atoms with Crippen molar-refractivity contribution in [1.82, 2.24) is 5.32 Å². The minimum absolute atomic E-state index is 0.0488.